The molecule has 1 aromatic heterocycles. The van der Waals surface area contributed by atoms with Crippen LogP contribution < -0.4 is 0 Å². The Bertz CT molecular complexity index is 526. The maximum atomic E-state index is 11.1. The zero-order valence-corrected chi connectivity index (χ0v) is 9.66. The Kier molecular flexibility index (Phi) is 3.22. The molecule has 2 aromatic rings. The van der Waals surface area contributed by atoms with Gasteiger partial charge in [-0.3, -0.25) is 9.78 Å². The van der Waals surface area contributed by atoms with E-state index in [4.69, 9.17) is 23.2 Å². The van der Waals surface area contributed by atoms with Crippen LogP contribution in [0.5, 0.6) is 0 Å². The Morgan fingerprint density at radius 3 is 2.44 bits per heavy atom. The maximum absolute atomic E-state index is 11.1. The van der Waals surface area contributed by atoms with E-state index >= 15 is 0 Å². The minimum absolute atomic E-state index is 0.227. The summed E-state index contributed by atoms with van der Waals surface area (Å²) in [5.74, 6) is 0. The summed E-state index contributed by atoms with van der Waals surface area (Å²) in [6.45, 7) is 0. The molecule has 0 unspecified atom stereocenters. The van der Waals surface area contributed by atoms with Crippen molar-refractivity contribution in [2.75, 3.05) is 0 Å². The van der Waals surface area contributed by atoms with E-state index < -0.39 is 5.24 Å². The van der Waals surface area contributed by atoms with Gasteiger partial charge in [0.1, 0.15) is 0 Å². The Morgan fingerprint density at radius 1 is 1.12 bits per heavy atom. The van der Waals surface area contributed by atoms with E-state index in [1.54, 1.807) is 6.20 Å². The molecule has 1 aromatic carbocycles. The van der Waals surface area contributed by atoms with Crippen LogP contribution in [0.1, 0.15) is 10.4 Å². The van der Waals surface area contributed by atoms with Crippen molar-refractivity contribution in [3.05, 3.63) is 53.3 Å². The molecule has 0 fully saturated rings. The number of hydrogen-bond acceptors (Lipinski definition) is 2. The summed E-state index contributed by atoms with van der Waals surface area (Å²) in [5.41, 5.74) is 1.83. The second-order valence-electron chi connectivity index (χ2n) is 3.19. The molecule has 1 heterocycles. The van der Waals surface area contributed by atoms with Gasteiger partial charge in [0.25, 0.3) is 5.24 Å². The largest absolute Gasteiger partial charge is 0.275 e. The molecule has 0 N–H and O–H groups in total. The van der Waals surface area contributed by atoms with E-state index in [9.17, 15) is 4.79 Å². The van der Waals surface area contributed by atoms with Gasteiger partial charge < -0.3 is 0 Å². The first kappa shape index (κ1) is 11.1. The fourth-order valence-electron chi connectivity index (χ4n) is 1.40. The van der Waals surface area contributed by atoms with E-state index in [2.05, 4.69) is 4.98 Å². The van der Waals surface area contributed by atoms with Gasteiger partial charge in [-0.05, 0) is 17.2 Å². The molecule has 0 atom stereocenters. The summed E-state index contributed by atoms with van der Waals surface area (Å²) in [7, 11) is 0. The number of aromatic nitrogens is 1. The molecule has 0 saturated heterocycles. The van der Waals surface area contributed by atoms with Gasteiger partial charge in [-0.1, -0.05) is 41.9 Å². The highest BCUT2D eigenvalue weighted by molar-refractivity contribution is 6.68. The zero-order chi connectivity index (χ0) is 11.5. The molecule has 0 saturated carbocycles. The first-order chi connectivity index (χ1) is 7.70. The highest BCUT2D eigenvalue weighted by Crippen LogP contribution is 2.30. The van der Waals surface area contributed by atoms with E-state index in [0.29, 0.717) is 10.6 Å². The molecule has 0 amide bonds. The lowest BCUT2D eigenvalue weighted by Gasteiger charge is -2.05. The van der Waals surface area contributed by atoms with Gasteiger partial charge in [0.05, 0.1) is 10.6 Å². The van der Waals surface area contributed by atoms with Gasteiger partial charge in [-0.2, -0.15) is 0 Å². The molecule has 80 valence electrons. The van der Waals surface area contributed by atoms with Gasteiger partial charge in [-0.15, -0.1) is 0 Å². The minimum Gasteiger partial charge on any atom is -0.275 e. The van der Waals surface area contributed by atoms with Crippen molar-refractivity contribution in [2.24, 2.45) is 0 Å². The Hall–Kier alpha value is -1.38. The molecule has 2 nitrogen and oxygen atoms in total. The summed E-state index contributed by atoms with van der Waals surface area (Å²) in [5, 5.41) is -0.267. The quantitative estimate of drug-likeness (QED) is 0.761. The van der Waals surface area contributed by atoms with Crippen LogP contribution in [0.3, 0.4) is 0 Å². The maximum Gasteiger partial charge on any atom is 0.255 e. The molecule has 0 aliphatic carbocycles. The van der Waals surface area contributed by atoms with Crippen molar-refractivity contribution < 1.29 is 4.79 Å². The second kappa shape index (κ2) is 4.64. The van der Waals surface area contributed by atoms with Gasteiger partial charge in [0.2, 0.25) is 0 Å². The number of carbonyl (C=O) groups excluding carboxylic acids is 1. The van der Waals surface area contributed by atoms with E-state index in [0.717, 1.165) is 5.56 Å². The van der Waals surface area contributed by atoms with Crippen molar-refractivity contribution in [3.63, 3.8) is 0 Å². The highest BCUT2D eigenvalue weighted by atomic mass is 35.5. The lowest BCUT2D eigenvalue weighted by Crippen LogP contribution is -1.94. The van der Waals surface area contributed by atoms with Crippen molar-refractivity contribution >= 4 is 28.4 Å². The third-order valence-corrected chi connectivity index (χ3v) is 2.79. The molecule has 0 aliphatic rings. The standard InChI is InChI=1S/C12H7Cl2NO/c13-11-9(8-4-2-1-3-5-8)6-15-7-10(11)12(14)16/h1-7H. The van der Waals surface area contributed by atoms with Gasteiger partial charge in [-0.25, -0.2) is 0 Å². The number of carbonyl (C=O) groups is 1. The first-order valence-electron chi connectivity index (χ1n) is 4.59. The number of hydrogen-bond donors (Lipinski definition) is 0. The predicted octanol–water partition coefficient (Wildman–Crippen LogP) is 3.78. The predicted molar refractivity (Wildman–Crippen MR) is 64.9 cm³/mol. The fourth-order valence-corrected chi connectivity index (χ4v) is 1.88. The average molecular weight is 252 g/mol. The fraction of sp³-hybridized carbons (Fsp3) is 0. The van der Waals surface area contributed by atoms with Crippen LogP contribution in [-0.4, -0.2) is 10.2 Å². The molecular formula is C12H7Cl2NO. The smallest absolute Gasteiger partial charge is 0.255 e. The lowest BCUT2D eigenvalue weighted by molar-refractivity contribution is 0.108. The third kappa shape index (κ3) is 2.08. The van der Waals surface area contributed by atoms with E-state index in [1.807, 2.05) is 30.3 Å². The number of halogens is 2. The summed E-state index contributed by atoms with van der Waals surface area (Å²) in [6, 6.07) is 9.47. The number of rotatable bonds is 2. The summed E-state index contributed by atoms with van der Waals surface area (Å²) < 4.78 is 0. The van der Waals surface area contributed by atoms with Crippen LogP contribution >= 0.6 is 23.2 Å². The molecule has 0 spiro atoms. The van der Waals surface area contributed by atoms with Crippen molar-refractivity contribution in [2.45, 2.75) is 0 Å². The van der Waals surface area contributed by atoms with Crippen LogP contribution in [0.4, 0.5) is 0 Å². The van der Waals surface area contributed by atoms with E-state index in [-0.39, 0.29) is 5.56 Å². The lowest BCUT2D eigenvalue weighted by atomic mass is 10.1. The molecular weight excluding hydrogens is 245 g/mol. The topological polar surface area (TPSA) is 30.0 Å². The number of nitrogens with zero attached hydrogens (tertiary/aromatic N) is 1. The van der Waals surface area contributed by atoms with Crippen LogP contribution in [-0.2, 0) is 0 Å². The molecule has 0 radical (unpaired) electrons. The molecule has 4 heteroatoms. The molecule has 0 bridgehead atoms. The van der Waals surface area contributed by atoms with Crippen LogP contribution in [0.2, 0.25) is 5.02 Å². The molecule has 2 rings (SSSR count). The Morgan fingerprint density at radius 2 is 1.81 bits per heavy atom. The number of benzene rings is 1. The van der Waals surface area contributed by atoms with E-state index in [1.165, 1.54) is 6.20 Å². The second-order valence-corrected chi connectivity index (χ2v) is 3.91. The van der Waals surface area contributed by atoms with Crippen molar-refractivity contribution in [3.8, 4) is 11.1 Å². The summed E-state index contributed by atoms with van der Waals surface area (Å²) in [4.78, 5) is 15.0. The number of pyridine rings is 1. The van der Waals surface area contributed by atoms with Crippen molar-refractivity contribution in [1.82, 2.24) is 4.98 Å². The SMILES string of the molecule is O=C(Cl)c1cncc(-c2ccccc2)c1Cl. The molecule has 0 aliphatic heterocycles. The monoisotopic (exact) mass is 251 g/mol. The summed E-state index contributed by atoms with van der Waals surface area (Å²) >= 11 is 11.5. The summed E-state index contributed by atoms with van der Waals surface area (Å²) in [6.07, 6.45) is 2.98. The van der Waals surface area contributed by atoms with Gasteiger partial charge in [0.15, 0.2) is 0 Å². The van der Waals surface area contributed by atoms with Crippen molar-refractivity contribution in [1.29, 1.82) is 0 Å². The van der Waals surface area contributed by atoms with Gasteiger partial charge >= 0.3 is 0 Å². The van der Waals surface area contributed by atoms with Gasteiger partial charge in [0, 0.05) is 18.0 Å². The third-order valence-electron chi connectivity index (χ3n) is 2.18. The minimum atomic E-state index is -0.602. The Labute approximate surface area is 103 Å². The van der Waals surface area contributed by atoms with Crippen LogP contribution in [0.15, 0.2) is 42.7 Å². The average Bonchev–Trinajstić information content (AvgIpc) is 2.30. The highest BCUT2D eigenvalue weighted by Gasteiger charge is 2.12. The van der Waals surface area contributed by atoms with Crippen LogP contribution in [0.25, 0.3) is 11.1 Å². The normalized spacial score (nSPS) is 10.1. The zero-order valence-electron chi connectivity index (χ0n) is 8.15. The molecule has 16 heavy (non-hydrogen) atoms. The Balaban J connectivity index is 2.59. The van der Waals surface area contributed by atoms with Crippen LogP contribution in [0, 0.1) is 0 Å². The first-order valence-corrected chi connectivity index (χ1v) is 5.34.